The summed E-state index contributed by atoms with van der Waals surface area (Å²) < 4.78 is 0. The summed E-state index contributed by atoms with van der Waals surface area (Å²) in [5.74, 6) is -0.122. The van der Waals surface area contributed by atoms with Crippen LogP contribution < -0.4 is 10.6 Å². The van der Waals surface area contributed by atoms with Gasteiger partial charge < -0.3 is 15.5 Å². The molecule has 1 atom stereocenters. The lowest BCUT2D eigenvalue weighted by molar-refractivity contribution is -0.384. The van der Waals surface area contributed by atoms with Crippen molar-refractivity contribution in [2.24, 2.45) is 0 Å². The van der Waals surface area contributed by atoms with Crippen molar-refractivity contribution in [3.8, 4) is 0 Å². The van der Waals surface area contributed by atoms with E-state index >= 15 is 0 Å². The lowest BCUT2D eigenvalue weighted by Crippen LogP contribution is -2.53. The van der Waals surface area contributed by atoms with Crippen LogP contribution in [0.5, 0.6) is 0 Å². The van der Waals surface area contributed by atoms with Gasteiger partial charge in [0.2, 0.25) is 5.91 Å². The Morgan fingerprint density at radius 3 is 2.61 bits per heavy atom. The Kier molecular flexibility index (Phi) is 8.84. The number of non-ortho nitro benzene ring substituents is 1. The SMILES string of the molecule is CSCCC(NC(=O)c1cccc([N+](=O)[O-])c1)C(=O)N1CCC(NC(=O)c2ccsc2)CC1. The third-order valence-electron chi connectivity index (χ3n) is 5.46. The van der Waals surface area contributed by atoms with E-state index in [9.17, 15) is 24.5 Å². The van der Waals surface area contributed by atoms with Crippen molar-refractivity contribution in [2.75, 3.05) is 25.1 Å². The molecule has 2 heterocycles. The minimum atomic E-state index is -0.721. The summed E-state index contributed by atoms with van der Waals surface area (Å²) in [6.07, 6.45) is 3.65. The van der Waals surface area contributed by atoms with Crippen LogP contribution in [-0.4, -0.2) is 64.7 Å². The van der Waals surface area contributed by atoms with E-state index in [2.05, 4.69) is 10.6 Å². The van der Waals surface area contributed by atoms with E-state index in [1.54, 1.807) is 28.1 Å². The molecule has 0 saturated carbocycles. The summed E-state index contributed by atoms with van der Waals surface area (Å²) in [6.45, 7) is 0.964. The third kappa shape index (κ3) is 6.78. The second-order valence-electron chi connectivity index (χ2n) is 7.70. The van der Waals surface area contributed by atoms with E-state index in [4.69, 9.17) is 0 Å². The largest absolute Gasteiger partial charge is 0.349 e. The first kappa shape index (κ1) is 24.7. The van der Waals surface area contributed by atoms with Crippen LogP contribution in [0.15, 0.2) is 41.1 Å². The molecule has 33 heavy (non-hydrogen) atoms. The quantitative estimate of drug-likeness (QED) is 0.412. The van der Waals surface area contributed by atoms with Gasteiger partial charge in [-0.2, -0.15) is 23.1 Å². The molecule has 0 radical (unpaired) electrons. The van der Waals surface area contributed by atoms with E-state index in [1.807, 2.05) is 11.6 Å². The Morgan fingerprint density at radius 2 is 1.97 bits per heavy atom. The number of amides is 3. The first-order valence-corrected chi connectivity index (χ1v) is 12.9. The second kappa shape index (κ2) is 11.8. The van der Waals surface area contributed by atoms with Crippen molar-refractivity contribution < 1.29 is 19.3 Å². The fourth-order valence-corrected chi connectivity index (χ4v) is 4.73. The predicted molar refractivity (Wildman–Crippen MR) is 129 cm³/mol. The van der Waals surface area contributed by atoms with Crippen LogP contribution in [0.3, 0.4) is 0 Å². The zero-order chi connectivity index (χ0) is 23.8. The number of nitrogens with one attached hydrogen (secondary N) is 2. The van der Waals surface area contributed by atoms with E-state index < -0.39 is 16.9 Å². The summed E-state index contributed by atoms with van der Waals surface area (Å²) in [6, 6.07) is 6.49. The van der Waals surface area contributed by atoms with Crippen LogP contribution in [-0.2, 0) is 4.79 Å². The van der Waals surface area contributed by atoms with Gasteiger partial charge in [-0.05, 0) is 48.8 Å². The number of benzene rings is 1. The van der Waals surface area contributed by atoms with Gasteiger partial charge in [0.05, 0.1) is 4.92 Å². The number of piperidine rings is 1. The standard InChI is InChI=1S/C22H26N4O5S2/c1-32-11-8-19(24-20(27)15-3-2-4-18(13-15)26(30)31)22(29)25-9-5-17(6-10-25)23-21(28)16-7-12-33-14-16/h2-4,7,12-14,17,19H,5-6,8-11H2,1H3,(H,23,28)(H,24,27). The average molecular weight is 491 g/mol. The van der Waals surface area contributed by atoms with E-state index in [-0.39, 0.29) is 29.1 Å². The summed E-state index contributed by atoms with van der Waals surface area (Å²) in [7, 11) is 0. The first-order valence-electron chi connectivity index (χ1n) is 10.5. The van der Waals surface area contributed by atoms with E-state index in [0.29, 0.717) is 43.7 Å². The van der Waals surface area contributed by atoms with Crippen LogP contribution in [0.25, 0.3) is 0 Å². The fraction of sp³-hybridized carbons (Fsp3) is 0.409. The maximum Gasteiger partial charge on any atom is 0.270 e. The van der Waals surface area contributed by atoms with Crippen LogP contribution in [0.1, 0.15) is 40.0 Å². The summed E-state index contributed by atoms with van der Waals surface area (Å²) in [4.78, 5) is 50.3. The Hall–Kier alpha value is -2.92. The van der Waals surface area contributed by atoms with Gasteiger partial charge in [0.1, 0.15) is 6.04 Å². The number of nitro benzene ring substituents is 1. The molecule has 0 bridgehead atoms. The van der Waals surface area contributed by atoms with Gasteiger partial charge >= 0.3 is 0 Å². The van der Waals surface area contributed by atoms with Crippen molar-refractivity contribution in [1.82, 2.24) is 15.5 Å². The van der Waals surface area contributed by atoms with Gasteiger partial charge in [-0.1, -0.05) is 6.07 Å². The minimum Gasteiger partial charge on any atom is -0.349 e. The van der Waals surface area contributed by atoms with Crippen molar-refractivity contribution in [2.45, 2.75) is 31.3 Å². The Balaban J connectivity index is 1.59. The number of thiophene rings is 1. The van der Waals surface area contributed by atoms with Crippen molar-refractivity contribution in [3.63, 3.8) is 0 Å². The topological polar surface area (TPSA) is 122 Å². The molecule has 1 saturated heterocycles. The predicted octanol–water partition coefficient (Wildman–Crippen LogP) is 2.93. The van der Waals surface area contributed by atoms with Gasteiger partial charge in [-0.25, -0.2) is 0 Å². The molecule has 9 nitrogen and oxygen atoms in total. The molecule has 0 aliphatic carbocycles. The van der Waals surface area contributed by atoms with E-state index in [1.165, 1.54) is 35.6 Å². The first-order chi connectivity index (χ1) is 15.9. The minimum absolute atomic E-state index is 0.00874. The number of rotatable bonds is 9. The van der Waals surface area contributed by atoms with Crippen LogP contribution >= 0.6 is 23.1 Å². The van der Waals surface area contributed by atoms with Crippen molar-refractivity contribution >= 4 is 46.5 Å². The Bertz CT molecular complexity index is 990. The number of hydrogen-bond donors (Lipinski definition) is 2. The van der Waals surface area contributed by atoms with Gasteiger partial charge in [-0.15, -0.1) is 0 Å². The van der Waals surface area contributed by atoms with Crippen LogP contribution in [0.4, 0.5) is 5.69 Å². The number of carbonyl (C=O) groups excluding carboxylic acids is 3. The number of hydrogen-bond acceptors (Lipinski definition) is 7. The highest BCUT2D eigenvalue weighted by atomic mass is 32.2. The van der Waals surface area contributed by atoms with Crippen LogP contribution in [0, 0.1) is 10.1 Å². The molecule has 3 amide bonds. The molecule has 1 aromatic heterocycles. The maximum atomic E-state index is 13.2. The molecule has 2 aromatic rings. The third-order valence-corrected chi connectivity index (χ3v) is 6.79. The number of nitro groups is 1. The summed E-state index contributed by atoms with van der Waals surface area (Å²) in [5.41, 5.74) is 0.599. The molecule has 1 aromatic carbocycles. The summed E-state index contributed by atoms with van der Waals surface area (Å²) in [5, 5.41) is 20.4. The molecule has 0 spiro atoms. The molecule has 1 unspecified atom stereocenters. The maximum absolute atomic E-state index is 13.2. The van der Waals surface area contributed by atoms with Gasteiger partial charge in [0.25, 0.3) is 17.5 Å². The highest BCUT2D eigenvalue weighted by Gasteiger charge is 2.30. The molecular weight excluding hydrogens is 464 g/mol. The second-order valence-corrected chi connectivity index (χ2v) is 9.47. The lowest BCUT2D eigenvalue weighted by atomic mass is 10.0. The lowest BCUT2D eigenvalue weighted by Gasteiger charge is -2.34. The van der Waals surface area contributed by atoms with Gasteiger partial charge in [0.15, 0.2) is 0 Å². The summed E-state index contributed by atoms with van der Waals surface area (Å²) >= 11 is 3.04. The fourth-order valence-electron chi connectivity index (χ4n) is 3.62. The normalized spacial score (nSPS) is 15.0. The Morgan fingerprint density at radius 1 is 1.21 bits per heavy atom. The molecule has 1 aliphatic rings. The molecule has 176 valence electrons. The zero-order valence-electron chi connectivity index (χ0n) is 18.2. The Labute approximate surface area is 200 Å². The molecular formula is C22H26N4O5S2. The van der Waals surface area contributed by atoms with Crippen LogP contribution in [0.2, 0.25) is 0 Å². The molecule has 2 N–H and O–H groups in total. The number of carbonyl (C=O) groups is 3. The van der Waals surface area contributed by atoms with Gasteiger partial charge in [0, 0.05) is 47.8 Å². The highest BCUT2D eigenvalue weighted by Crippen LogP contribution is 2.17. The van der Waals surface area contributed by atoms with Gasteiger partial charge in [-0.3, -0.25) is 24.5 Å². The molecule has 11 heteroatoms. The van der Waals surface area contributed by atoms with Crippen molar-refractivity contribution in [1.29, 1.82) is 0 Å². The monoisotopic (exact) mass is 490 g/mol. The number of likely N-dealkylation sites (tertiary alicyclic amines) is 1. The molecule has 1 fully saturated rings. The highest BCUT2D eigenvalue weighted by molar-refractivity contribution is 7.98. The van der Waals surface area contributed by atoms with Crippen molar-refractivity contribution in [3.05, 3.63) is 62.3 Å². The number of nitrogens with zero attached hydrogens (tertiary/aromatic N) is 2. The molecule has 3 rings (SSSR count). The molecule has 1 aliphatic heterocycles. The number of thioether (sulfide) groups is 1. The zero-order valence-corrected chi connectivity index (χ0v) is 19.8. The average Bonchev–Trinajstić information content (AvgIpc) is 3.37. The smallest absolute Gasteiger partial charge is 0.270 e. The van der Waals surface area contributed by atoms with E-state index in [0.717, 1.165) is 0 Å².